The van der Waals surface area contributed by atoms with Crippen molar-refractivity contribution in [1.82, 2.24) is 0 Å². The molecule has 1 fully saturated rings. The predicted molar refractivity (Wildman–Crippen MR) is 70.4 cm³/mol. The van der Waals surface area contributed by atoms with E-state index in [1.165, 1.54) is 30.4 Å². The van der Waals surface area contributed by atoms with Gasteiger partial charge in [-0.25, -0.2) is 0 Å². The van der Waals surface area contributed by atoms with Crippen LogP contribution in [0.3, 0.4) is 0 Å². The SMILES string of the molecule is Cc1ccc(C=O)c(C2(CN)CCCCC2)c1. The highest BCUT2D eigenvalue weighted by Crippen LogP contribution is 2.40. The monoisotopic (exact) mass is 231 g/mol. The summed E-state index contributed by atoms with van der Waals surface area (Å²) in [6.45, 7) is 2.72. The molecule has 0 amide bonds. The Morgan fingerprint density at radius 1 is 1.29 bits per heavy atom. The molecule has 2 heteroatoms. The summed E-state index contributed by atoms with van der Waals surface area (Å²) >= 11 is 0. The Balaban J connectivity index is 2.48. The Hall–Kier alpha value is -1.15. The van der Waals surface area contributed by atoms with Crippen LogP contribution in [0.1, 0.15) is 53.6 Å². The minimum absolute atomic E-state index is 0.0422. The second kappa shape index (κ2) is 5.01. The number of aldehydes is 1. The van der Waals surface area contributed by atoms with Crippen LogP contribution in [0.15, 0.2) is 18.2 Å². The van der Waals surface area contributed by atoms with Gasteiger partial charge in [0.2, 0.25) is 0 Å². The molecule has 0 unspecified atom stereocenters. The number of benzene rings is 1. The molecule has 1 saturated carbocycles. The molecular formula is C15H21NO. The van der Waals surface area contributed by atoms with Gasteiger partial charge in [-0.05, 0) is 25.3 Å². The number of rotatable bonds is 3. The Labute approximate surface area is 103 Å². The van der Waals surface area contributed by atoms with Gasteiger partial charge in [-0.1, -0.05) is 43.0 Å². The third kappa shape index (κ3) is 2.27. The Bertz CT molecular complexity index is 405. The molecular weight excluding hydrogens is 210 g/mol. The van der Waals surface area contributed by atoms with E-state index >= 15 is 0 Å². The average Bonchev–Trinajstić information content (AvgIpc) is 2.39. The maximum absolute atomic E-state index is 11.2. The molecule has 1 aliphatic rings. The van der Waals surface area contributed by atoms with Crippen molar-refractivity contribution < 1.29 is 4.79 Å². The molecule has 0 radical (unpaired) electrons. The molecule has 0 bridgehead atoms. The zero-order valence-electron chi connectivity index (χ0n) is 10.5. The van der Waals surface area contributed by atoms with Crippen molar-refractivity contribution in [3.8, 4) is 0 Å². The maximum Gasteiger partial charge on any atom is 0.150 e. The van der Waals surface area contributed by atoms with Gasteiger partial charge in [0.25, 0.3) is 0 Å². The molecule has 92 valence electrons. The second-order valence-electron chi connectivity index (χ2n) is 5.25. The number of aryl methyl sites for hydroxylation is 1. The lowest BCUT2D eigenvalue weighted by Gasteiger charge is -2.37. The molecule has 1 aliphatic carbocycles. The van der Waals surface area contributed by atoms with E-state index in [9.17, 15) is 4.79 Å². The Morgan fingerprint density at radius 2 is 2.00 bits per heavy atom. The summed E-state index contributed by atoms with van der Waals surface area (Å²) in [4.78, 5) is 11.2. The summed E-state index contributed by atoms with van der Waals surface area (Å²) in [6, 6.07) is 6.09. The quantitative estimate of drug-likeness (QED) is 0.813. The molecule has 2 nitrogen and oxygen atoms in total. The van der Waals surface area contributed by atoms with E-state index in [2.05, 4.69) is 13.0 Å². The molecule has 0 spiro atoms. The third-order valence-corrected chi connectivity index (χ3v) is 4.11. The molecule has 0 heterocycles. The predicted octanol–water partition coefficient (Wildman–Crippen LogP) is 2.97. The summed E-state index contributed by atoms with van der Waals surface area (Å²) in [6.07, 6.45) is 6.96. The van der Waals surface area contributed by atoms with E-state index in [1.807, 2.05) is 12.1 Å². The molecule has 17 heavy (non-hydrogen) atoms. The lowest BCUT2D eigenvalue weighted by molar-refractivity contribution is 0.112. The highest BCUT2D eigenvalue weighted by Gasteiger charge is 2.34. The zero-order chi connectivity index (χ0) is 12.3. The summed E-state index contributed by atoms with van der Waals surface area (Å²) in [7, 11) is 0. The zero-order valence-corrected chi connectivity index (χ0v) is 10.5. The minimum atomic E-state index is 0.0422. The van der Waals surface area contributed by atoms with Gasteiger partial charge < -0.3 is 5.73 Å². The highest BCUT2D eigenvalue weighted by atomic mass is 16.1. The van der Waals surface area contributed by atoms with Crippen molar-refractivity contribution >= 4 is 6.29 Å². The lowest BCUT2D eigenvalue weighted by Crippen LogP contribution is -2.38. The topological polar surface area (TPSA) is 43.1 Å². The highest BCUT2D eigenvalue weighted by molar-refractivity contribution is 5.78. The number of hydrogen-bond donors (Lipinski definition) is 1. The van der Waals surface area contributed by atoms with E-state index in [0.29, 0.717) is 6.54 Å². The van der Waals surface area contributed by atoms with Crippen LogP contribution in [0, 0.1) is 6.92 Å². The van der Waals surface area contributed by atoms with Gasteiger partial charge in [-0.15, -0.1) is 0 Å². The fraction of sp³-hybridized carbons (Fsp3) is 0.533. The van der Waals surface area contributed by atoms with Crippen LogP contribution in [0.4, 0.5) is 0 Å². The number of nitrogens with two attached hydrogens (primary N) is 1. The normalized spacial score (nSPS) is 18.9. The van der Waals surface area contributed by atoms with Crippen molar-refractivity contribution in [1.29, 1.82) is 0 Å². The van der Waals surface area contributed by atoms with Crippen LogP contribution in [0.25, 0.3) is 0 Å². The molecule has 1 aromatic rings. The van der Waals surface area contributed by atoms with E-state index in [-0.39, 0.29) is 5.41 Å². The van der Waals surface area contributed by atoms with Gasteiger partial charge in [-0.2, -0.15) is 0 Å². The van der Waals surface area contributed by atoms with E-state index in [4.69, 9.17) is 5.73 Å². The van der Waals surface area contributed by atoms with E-state index < -0.39 is 0 Å². The van der Waals surface area contributed by atoms with Crippen LogP contribution < -0.4 is 5.73 Å². The van der Waals surface area contributed by atoms with Crippen molar-refractivity contribution in [2.24, 2.45) is 5.73 Å². The van der Waals surface area contributed by atoms with Gasteiger partial charge >= 0.3 is 0 Å². The molecule has 0 atom stereocenters. The largest absolute Gasteiger partial charge is 0.330 e. The first-order chi connectivity index (χ1) is 8.22. The Morgan fingerprint density at radius 3 is 2.59 bits per heavy atom. The first-order valence-corrected chi connectivity index (χ1v) is 6.48. The van der Waals surface area contributed by atoms with Crippen LogP contribution in [-0.2, 0) is 5.41 Å². The maximum atomic E-state index is 11.2. The number of hydrogen-bond acceptors (Lipinski definition) is 2. The third-order valence-electron chi connectivity index (χ3n) is 4.11. The summed E-state index contributed by atoms with van der Waals surface area (Å²) in [5, 5.41) is 0. The molecule has 2 N–H and O–H groups in total. The number of carbonyl (C=O) groups excluding carboxylic acids is 1. The van der Waals surface area contributed by atoms with Crippen LogP contribution in [0.5, 0.6) is 0 Å². The molecule has 2 rings (SSSR count). The van der Waals surface area contributed by atoms with Gasteiger partial charge in [-0.3, -0.25) is 4.79 Å². The van der Waals surface area contributed by atoms with Crippen LogP contribution in [-0.4, -0.2) is 12.8 Å². The standard InChI is InChI=1S/C15H21NO/c1-12-5-6-13(10-17)14(9-12)15(11-16)7-3-2-4-8-15/h5-6,9-10H,2-4,7-8,11,16H2,1H3. The van der Waals surface area contributed by atoms with Gasteiger partial charge in [0, 0.05) is 17.5 Å². The average molecular weight is 231 g/mol. The molecule has 0 saturated heterocycles. The molecule has 0 aromatic heterocycles. The van der Waals surface area contributed by atoms with Crippen LogP contribution in [0.2, 0.25) is 0 Å². The van der Waals surface area contributed by atoms with Crippen molar-refractivity contribution in [2.45, 2.75) is 44.4 Å². The van der Waals surface area contributed by atoms with E-state index in [0.717, 1.165) is 24.7 Å². The fourth-order valence-electron chi connectivity index (χ4n) is 3.04. The minimum Gasteiger partial charge on any atom is -0.330 e. The first-order valence-electron chi connectivity index (χ1n) is 6.48. The van der Waals surface area contributed by atoms with Crippen molar-refractivity contribution in [3.63, 3.8) is 0 Å². The van der Waals surface area contributed by atoms with Gasteiger partial charge in [0.05, 0.1) is 0 Å². The van der Waals surface area contributed by atoms with Crippen LogP contribution >= 0.6 is 0 Å². The molecule has 0 aliphatic heterocycles. The second-order valence-corrected chi connectivity index (χ2v) is 5.25. The number of carbonyl (C=O) groups is 1. The lowest BCUT2D eigenvalue weighted by atomic mass is 9.68. The fourth-order valence-corrected chi connectivity index (χ4v) is 3.04. The van der Waals surface area contributed by atoms with Crippen molar-refractivity contribution in [3.05, 3.63) is 34.9 Å². The van der Waals surface area contributed by atoms with Gasteiger partial charge in [0.1, 0.15) is 6.29 Å². The summed E-state index contributed by atoms with van der Waals surface area (Å²) in [5.74, 6) is 0. The van der Waals surface area contributed by atoms with Gasteiger partial charge in [0.15, 0.2) is 0 Å². The van der Waals surface area contributed by atoms with E-state index in [1.54, 1.807) is 0 Å². The smallest absolute Gasteiger partial charge is 0.150 e. The van der Waals surface area contributed by atoms with Crippen molar-refractivity contribution in [2.75, 3.05) is 6.54 Å². The molecule has 1 aromatic carbocycles. The summed E-state index contributed by atoms with van der Waals surface area (Å²) < 4.78 is 0. The Kier molecular flexibility index (Phi) is 3.63. The summed E-state index contributed by atoms with van der Waals surface area (Å²) in [5.41, 5.74) is 9.28. The first kappa shape index (κ1) is 12.3.